The monoisotopic (exact) mass is 422 g/mol. The highest BCUT2D eigenvalue weighted by atomic mass is 32.2. The number of thiocarbonyl (C=S) groups is 1. The summed E-state index contributed by atoms with van der Waals surface area (Å²) in [6.07, 6.45) is 0. The molecule has 0 radical (unpaired) electrons. The molecule has 2 rings (SSSR count). The van der Waals surface area contributed by atoms with E-state index in [1.165, 1.54) is 36.4 Å². The van der Waals surface area contributed by atoms with Crippen molar-refractivity contribution in [3.05, 3.63) is 65.5 Å². The number of hydrazone groups is 1. The van der Waals surface area contributed by atoms with Gasteiger partial charge < -0.3 is 5.32 Å². The molecule has 0 heterocycles. The molecule has 0 aliphatic heterocycles. The van der Waals surface area contributed by atoms with E-state index in [1.54, 1.807) is 19.1 Å². The van der Waals surface area contributed by atoms with Crippen molar-refractivity contribution in [3.8, 4) is 0 Å². The van der Waals surface area contributed by atoms with Crippen LogP contribution in [-0.2, 0) is 16.6 Å². The Balaban J connectivity index is 2.01. The molecule has 3 N–H and O–H groups in total. The average molecular weight is 423 g/mol. The van der Waals surface area contributed by atoms with Gasteiger partial charge in [0.25, 0.3) is 0 Å². The lowest BCUT2D eigenvalue weighted by Crippen LogP contribution is -2.37. The molecule has 0 aliphatic carbocycles. The Kier molecular flexibility index (Phi) is 7.61. The first-order valence-electron chi connectivity index (χ1n) is 8.63. The van der Waals surface area contributed by atoms with Crippen molar-refractivity contribution in [1.82, 2.24) is 15.5 Å². The summed E-state index contributed by atoms with van der Waals surface area (Å²) < 4.78 is 40.3. The third-order valence-electron chi connectivity index (χ3n) is 3.71. The fraction of sp³-hybridized carbons (Fsp3) is 0.263. The Morgan fingerprint density at radius 3 is 2.29 bits per heavy atom. The summed E-state index contributed by atoms with van der Waals surface area (Å²) in [6, 6.07) is 12.2. The zero-order valence-corrected chi connectivity index (χ0v) is 17.5. The molecule has 0 saturated heterocycles. The predicted molar refractivity (Wildman–Crippen MR) is 113 cm³/mol. The summed E-state index contributed by atoms with van der Waals surface area (Å²) in [5.41, 5.74) is 4.84. The standard InChI is InChI=1S/C19H23FN4O2S2/c1-13(2)22-19(27)24-23-14(3)16-6-10-18(11-7-16)28(25,26)21-12-15-4-8-17(20)9-5-15/h4-11,13,21H,12H2,1-3H3,(H2,22,24,27)/b23-14-. The van der Waals surface area contributed by atoms with Crippen LogP contribution in [0.15, 0.2) is 58.5 Å². The quantitative estimate of drug-likeness (QED) is 0.363. The topological polar surface area (TPSA) is 82.6 Å². The molecular formula is C19H23FN4O2S2. The van der Waals surface area contributed by atoms with Crippen molar-refractivity contribution < 1.29 is 12.8 Å². The Hall–Kier alpha value is -2.36. The first-order valence-corrected chi connectivity index (χ1v) is 10.5. The highest BCUT2D eigenvalue weighted by molar-refractivity contribution is 7.89. The van der Waals surface area contributed by atoms with Crippen LogP contribution in [0.1, 0.15) is 31.9 Å². The van der Waals surface area contributed by atoms with E-state index < -0.39 is 10.0 Å². The Morgan fingerprint density at radius 2 is 1.71 bits per heavy atom. The van der Waals surface area contributed by atoms with Gasteiger partial charge in [-0.1, -0.05) is 24.3 Å². The number of hydrogen-bond acceptors (Lipinski definition) is 4. The first-order chi connectivity index (χ1) is 13.2. The smallest absolute Gasteiger partial charge is 0.240 e. The molecule has 0 saturated carbocycles. The summed E-state index contributed by atoms with van der Waals surface area (Å²) in [4.78, 5) is 0.135. The van der Waals surface area contributed by atoms with Gasteiger partial charge in [0.1, 0.15) is 5.82 Å². The maximum absolute atomic E-state index is 12.9. The van der Waals surface area contributed by atoms with Crippen molar-refractivity contribution >= 4 is 33.1 Å². The van der Waals surface area contributed by atoms with Gasteiger partial charge >= 0.3 is 0 Å². The maximum Gasteiger partial charge on any atom is 0.240 e. The molecule has 0 bridgehead atoms. The van der Waals surface area contributed by atoms with Crippen molar-refractivity contribution in [2.45, 2.75) is 38.3 Å². The highest BCUT2D eigenvalue weighted by Gasteiger charge is 2.14. The number of hydrogen-bond donors (Lipinski definition) is 3. The van der Waals surface area contributed by atoms with E-state index in [4.69, 9.17) is 12.2 Å². The molecule has 0 amide bonds. The van der Waals surface area contributed by atoms with Crippen molar-refractivity contribution in [3.63, 3.8) is 0 Å². The van der Waals surface area contributed by atoms with Gasteiger partial charge in [0, 0.05) is 12.6 Å². The molecule has 0 atom stereocenters. The van der Waals surface area contributed by atoms with E-state index in [2.05, 4.69) is 20.6 Å². The van der Waals surface area contributed by atoms with Crippen LogP contribution in [0.2, 0.25) is 0 Å². The van der Waals surface area contributed by atoms with Crippen LogP contribution in [0.5, 0.6) is 0 Å². The zero-order chi connectivity index (χ0) is 20.7. The minimum atomic E-state index is -3.68. The number of rotatable bonds is 7. The van der Waals surface area contributed by atoms with Crippen LogP contribution in [0.3, 0.4) is 0 Å². The lowest BCUT2D eigenvalue weighted by Gasteiger charge is -2.11. The third kappa shape index (κ3) is 6.66. The van der Waals surface area contributed by atoms with E-state index in [0.717, 1.165) is 5.56 Å². The minimum Gasteiger partial charge on any atom is -0.359 e. The van der Waals surface area contributed by atoms with Crippen LogP contribution < -0.4 is 15.5 Å². The number of sulfonamides is 1. The van der Waals surface area contributed by atoms with Crippen molar-refractivity contribution in [2.75, 3.05) is 0 Å². The van der Waals surface area contributed by atoms with Gasteiger partial charge in [-0.2, -0.15) is 5.10 Å². The van der Waals surface area contributed by atoms with Gasteiger partial charge in [-0.15, -0.1) is 0 Å². The molecule has 0 fully saturated rings. The second-order valence-corrected chi connectivity index (χ2v) is 8.59. The Bertz CT molecular complexity index is 941. The van der Waals surface area contributed by atoms with Crippen LogP contribution >= 0.6 is 12.2 Å². The SMILES string of the molecule is C/C(=N/NC(=S)NC(C)C)c1ccc(S(=O)(=O)NCc2ccc(F)cc2)cc1. The average Bonchev–Trinajstić information content (AvgIpc) is 2.65. The van der Waals surface area contributed by atoms with E-state index in [-0.39, 0.29) is 23.3 Å². The van der Waals surface area contributed by atoms with Gasteiger partial charge in [-0.05, 0) is 68.4 Å². The number of halogens is 1. The molecular weight excluding hydrogens is 399 g/mol. The molecule has 6 nitrogen and oxygen atoms in total. The van der Waals surface area contributed by atoms with Crippen LogP contribution in [0, 0.1) is 5.82 Å². The second kappa shape index (κ2) is 9.72. The maximum atomic E-state index is 12.9. The molecule has 28 heavy (non-hydrogen) atoms. The molecule has 0 aliphatic rings. The van der Waals surface area contributed by atoms with Crippen molar-refractivity contribution in [2.24, 2.45) is 5.10 Å². The molecule has 0 spiro atoms. The second-order valence-electron chi connectivity index (χ2n) is 6.41. The normalized spacial score (nSPS) is 12.1. The van der Waals surface area contributed by atoms with Crippen LogP contribution in [0.4, 0.5) is 4.39 Å². The van der Waals surface area contributed by atoms with E-state index in [0.29, 0.717) is 16.4 Å². The number of nitrogens with one attached hydrogen (secondary N) is 3. The van der Waals surface area contributed by atoms with Gasteiger partial charge in [-0.3, -0.25) is 5.43 Å². The lowest BCUT2D eigenvalue weighted by molar-refractivity contribution is 0.581. The Morgan fingerprint density at radius 1 is 1.11 bits per heavy atom. The van der Waals surface area contributed by atoms with Crippen molar-refractivity contribution in [1.29, 1.82) is 0 Å². The van der Waals surface area contributed by atoms with Crippen LogP contribution in [-0.4, -0.2) is 25.3 Å². The summed E-state index contributed by atoms with van der Waals surface area (Å²) >= 11 is 5.11. The van der Waals surface area contributed by atoms with E-state index in [1.807, 2.05) is 13.8 Å². The summed E-state index contributed by atoms with van der Waals surface area (Å²) in [7, 11) is -3.68. The summed E-state index contributed by atoms with van der Waals surface area (Å²) in [6.45, 7) is 5.80. The fourth-order valence-electron chi connectivity index (χ4n) is 2.23. The minimum absolute atomic E-state index is 0.0784. The predicted octanol–water partition coefficient (Wildman–Crippen LogP) is 2.90. The number of benzene rings is 2. The van der Waals surface area contributed by atoms with Gasteiger partial charge in [0.05, 0.1) is 10.6 Å². The zero-order valence-electron chi connectivity index (χ0n) is 15.9. The largest absolute Gasteiger partial charge is 0.359 e. The van der Waals surface area contributed by atoms with E-state index >= 15 is 0 Å². The molecule has 9 heteroatoms. The van der Waals surface area contributed by atoms with Gasteiger partial charge in [-0.25, -0.2) is 17.5 Å². The van der Waals surface area contributed by atoms with Gasteiger partial charge in [0.2, 0.25) is 10.0 Å². The fourth-order valence-corrected chi connectivity index (χ4v) is 3.53. The summed E-state index contributed by atoms with van der Waals surface area (Å²) in [5, 5.41) is 7.62. The molecule has 2 aromatic rings. The van der Waals surface area contributed by atoms with E-state index in [9.17, 15) is 12.8 Å². The molecule has 150 valence electrons. The third-order valence-corrected chi connectivity index (χ3v) is 5.33. The van der Waals surface area contributed by atoms with Crippen LogP contribution in [0.25, 0.3) is 0 Å². The highest BCUT2D eigenvalue weighted by Crippen LogP contribution is 2.12. The lowest BCUT2D eigenvalue weighted by atomic mass is 10.1. The van der Waals surface area contributed by atoms with Gasteiger partial charge in [0.15, 0.2) is 5.11 Å². The summed E-state index contributed by atoms with van der Waals surface area (Å²) in [5.74, 6) is -0.366. The Labute approximate surface area is 170 Å². The molecule has 2 aromatic carbocycles. The first kappa shape index (κ1) is 21.9. The molecule has 0 unspecified atom stereocenters. The number of nitrogens with zero attached hydrogens (tertiary/aromatic N) is 1. The molecule has 0 aromatic heterocycles.